The van der Waals surface area contributed by atoms with Crippen molar-refractivity contribution in [1.29, 1.82) is 0 Å². The van der Waals surface area contributed by atoms with Crippen molar-refractivity contribution in [3.63, 3.8) is 0 Å². The van der Waals surface area contributed by atoms with Gasteiger partial charge in [0.15, 0.2) is 0 Å². The van der Waals surface area contributed by atoms with E-state index in [-0.39, 0.29) is 0 Å². The van der Waals surface area contributed by atoms with Crippen LogP contribution >= 0.6 is 0 Å². The fourth-order valence-electron chi connectivity index (χ4n) is 0.775. The molecule has 0 saturated heterocycles. The molecule has 0 amide bonds. The third kappa shape index (κ3) is 2.09. The predicted molar refractivity (Wildman–Crippen MR) is 40.9 cm³/mol. The SMILES string of the molecule is CS(=O)Oc1c(F)c(F)c(F)c(F)c1F. The van der Waals surface area contributed by atoms with Gasteiger partial charge in [-0.3, -0.25) is 0 Å². The van der Waals surface area contributed by atoms with Crippen LogP contribution in [0.15, 0.2) is 0 Å². The van der Waals surface area contributed by atoms with E-state index >= 15 is 0 Å². The zero-order valence-corrected chi connectivity index (χ0v) is 7.93. The van der Waals surface area contributed by atoms with Crippen LogP contribution in [0.5, 0.6) is 5.75 Å². The maximum Gasteiger partial charge on any atom is 0.217 e. The molecule has 0 N–H and O–H groups in total. The lowest BCUT2D eigenvalue weighted by Crippen LogP contribution is -2.07. The number of benzene rings is 1. The van der Waals surface area contributed by atoms with Crippen molar-refractivity contribution in [3.8, 4) is 5.75 Å². The normalized spacial score (nSPS) is 12.7. The molecule has 1 aromatic carbocycles. The van der Waals surface area contributed by atoms with Crippen LogP contribution in [-0.2, 0) is 11.1 Å². The molecule has 1 unspecified atom stereocenters. The van der Waals surface area contributed by atoms with Gasteiger partial charge in [0, 0.05) is 6.26 Å². The summed E-state index contributed by atoms with van der Waals surface area (Å²) in [5.41, 5.74) is 0. The molecule has 0 bridgehead atoms. The van der Waals surface area contributed by atoms with Crippen molar-refractivity contribution in [2.24, 2.45) is 0 Å². The van der Waals surface area contributed by atoms with Gasteiger partial charge >= 0.3 is 0 Å². The summed E-state index contributed by atoms with van der Waals surface area (Å²) in [7, 11) is 0. The molecule has 0 spiro atoms. The minimum atomic E-state index is -2.29. The van der Waals surface area contributed by atoms with Gasteiger partial charge < -0.3 is 4.18 Å². The lowest BCUT2D eigenvalue weighted by atomic mass is 10.3. The van der Waals surface area contributed by atoms with Crippen molar-refractivity contribution in [3.05, 3.63) is 29.1 Å². The second kappa shape index (κ2) is 4.13. The number of hydrogen-bond donors (Lipinski definition) is 0. The summed E-state index contributed by atoms with van der Waals surface area (Å²) in [6.45, 7) is 0. The molecule has 2 nitrogen and oxygen atoms in total. The average Bonchev–Trinajstić information content (AvgIpc) is 2.18. The lowest BCUT2D eigenvalue weighted by molar-refractivity contribution is 0.352. The first-order valence-corrected chi connectivity index (χ1v) is 4.87. The van der Waals surface area contributed by atoms with Gasteiger partial charge in [-0.25, -0.2) is 17.4 Å². The van der Waals surface area contributed by atoms with E-state index in [0.717, 1.165) is 6.26 Å². The highest BCUT2D eigenvalue weighted by molar-refractivity contribution is 7.79. The third-order valence-electron chi connectivity index (χ3n) is 1.37. The van der Waals surface area contributed by atoms with Gasteiger partial charge in [-0.1, -0.05) is 0 Å². The summed E-state index contributed by atoms with van der Waals surface area (Å²) in [5, 5.41) is 0. The molecule has 84 valence electrons. The molecule has 0 radical (unpaired) electrons. The molecule has 8 heteroatoms. The van der Waals surface area contributed by atoms with Crippen LogP contribution in [0.2, 0.25) is 0 Å². The highest BCUT2D eigenvalue weighted by atomic mass is 32.2. The van der Waals surface area contributed by atoms with E-state index < -0.39 is 45.9 Å². The monoisotopic (exact) mass is 246 g/mol. The summed E-state index contributed by atoms with van der Waals surface area (Å²) >= 11 is -2.20. The summed E-state index contributed by atoms with van der Waals surface area (Å²) in [4.78, 5) is 0. The minimum Gasteiger partial charge on any atom is -0.394 e. The Morgan fingerprint density at radius 2 is 1.20 bits per heavy atom. The van der Waals surface area contributed by atoms with Crippen molar-refractivity contribution in [2.45, 2.75) is 0 Å². The third-order valence-corrected chi connectivity index (χ3v) is 1.77. The Labute approximate surface area is 83.3 Å². The van der Waals surface area contributed by atoms with E-state index in [1.807, 2.05) is 0 Å². The number of halogens is 5. The quantitative estimate of drug-likeness (QED) is 0.453. The van der Waals surface area contributed by atoms with E-state index in [9.17, 15) is 26.2 Å². The van der Waals surface area contributed by atoms with Crippen molar-refractivity contribution < 1.29 is 30.3 Å². The molecule has 15 heavy (non-hydrogen) atoms. The predicted octanol–water partition coefficient (Wildman–Crippen LogP) is 2.05. The standard InChI is InChI=1S/C7H3F5O2S/c1-15(13)14-7-5(11)3(9)2(8)4(10)6(7)12/h1H3. The van der Waals surface area contributed by atoms with E-state index in [1.165, 1.54) is 0 Å². The van der Waals surface area contributed by atoms with Crippen LogP contribution in [-0.4, -0.2) is 10.5 Å². The van der Waals surface area contributed by atoms with Gasteiger partial charge in [-0.05, 0) is 0 Å². The molecule has 1 atom stereocenters. The van der Waals surface area contributed by atoms with Gasteiger partial charge in [-0.2, -0.15) is 8.78 Å². The Hall–Kier alpha value is -1.18. The lowest BCUT2D eigenvalue weighted by Gasteiger charge is -2.06. The summed E-state index contributed by atoms with van der Waals surface area (Å²) < 4.78 is 77.5. The largest absolute Gasteiger partial charge is 0.394 e. The van der Waals surface area contributed by atoms with E-state index in [0.29, 0.717) is 0 Å². The number of rotatable bonds is 2. The van der Waals surface area contributed by atoms with Crippen LogP contribution in [0.25, 0.3) is 0 Å². The fraction of sp³-hybridized carbons (Fsp3) is 0.143. The average molecular weight is 246 g/mol. The second-order valence-electron chi connectivity index (χ2n) is 2.38. The number of hydrogen-bond acceptors (Lipinski definition) is 2. The van der Waals surface area contributed by atoms with Crippen LogP contribution in [0.4, 0.5) is 22.0 Å². The first-order chi connectivity index (χ1) is 6.86. The Balaban J connectivity index is 3.45. The zero-order valence-electron chi connectivity index (χ0n) is 7.11. The van der Waals surface area contributed by atoms with Crippen molar-refractivity contribution in [2.75, 3.05) is 6.26 Å². The van der Waals surface area contributed by atoms with Gasteiger partial charge in [0.25, 0.3) is 0 Å². The smallest absolute Gasteiger partial charge is 0.217 e. The summed E-state index contributed by atoms with van der Waals surface area (Å²) in [5.74, 6) is -12.4. The van der Waals surface area contributed by atoms with E-state index in [1.54, 1.807) is 0 Å². The molecule has 0 aliphatic carbocycles. The molecule has 1 aromatic rings. The first-order valence-electron chi connectivity index (χ1n) is 3.39. The van der Waals surface area contributed by atoms with Gasteiger partial charge in [0.1, 0.15) is 0 Å². The van der Waals surface area contributed by atoms with E-state index in [4.69, 9.17) is 0 Å². The molecule has 0 aliphatic rings. The molecular formula is C7H3F5O2S. The molecule has 0 aliphatic heterocycles. The Morgan fingerprint density at radius 3 is 1.53 bits per heavy atom. The maximum absolute atomic E-state index is 12.8. The van der Waals surface area contributed by atoms with Crippen LogP contribution in [0.3, 0.4) is 0 Å². The van der Waals surface area contributed by atoms with Crippen molar-refractivity contribution in [1.82, 2.24) is 0 Å². The molecule has 0 heterocycles. The molecular weight excluding hydrogens is 243 g/mol. The highest BCUT2D eigenvalue weighted by Crippen LogP contribution is 2.29. The second-order valence-corrected chi connectivity index (χ2v) is 3.35. The molecule has 0 aromatic heterocycles. The molecule has 1 rings (SSSR count). The van der Waals surface area contributed by atoms with Gasteiger partial charge in [0.05, 0.1) is 0 Å². The Morgan fingerprint density at radius 1 is 0.867 bits per heavy atom. The Bertz CT molecular complexity index is 405. The maximum atomic E-state index is 12.8. The van der Waals surface area contributed by atoms with Crippen LogP contribution < -0.4 is 4.18 Å². The van der Waals surface area contributed by atoms with Gasteiger partial charge in [0.2, 0.25) is 45.9 Å². The van der Waals surface area contributed by atoms with Crippen LogP contribution in [0.1, 0.15) is 0 Å². The summed E-state index contributed by atoms with van der Waals surface area (Å²) in [6, 6.07) is 0. The topological polar surface area (TPSA) is 26.3 Å². The first kappa shape index (κ1) is 11.9. The minimum absolute atomic E-state index is 0.873. The van der Waals surface area contributed by atoms with E-state index in [2.05, 4.69) is 4.18 Å². The highest BCUT2D eigenvalue weighted by Gasteiger charge is 2.27. The molecule has 0 fully saturated rings. The van der Waals surface area contributed by atoms with Crippen molar-refractivity contribution >= 4 is 11.1 Å². The molecule has 0 saturated carbocycles. The summed E-state index contributed by atoms with van der Waals surface area (Å²) in [6.07, 6.45) is 0.873. The zero-order chi connectivity index (χ0) is 11.7. The van der Waals surface area contributed by atoms with Gasteiger partial charge in [-0.15, -0.1) is 0 Å². The Kier molecular flexibility index (Phi) is 3.28. The fourth-order valence-corrected chi connectivity index (χ4v) is 1.16. The van der Waals surface area contributed by atoms with Crippen LogP contribution in [0, 0.1) is 29.1 Å².